The summed E-state index contributed by atoms with van der Waals surface area (Å²) in [5.41, 5.74) is 7.31. The van der Waals surface area contributed by atoms with E-state index in [1.807, 2.05) is 24.3 Å². The van der Waals surface area contributed by atoms with E-state index in [0.29, 0.717) is 17.3 Å². The van der Waals surface area contributed by atoms with Crippen LogP contribution in [0.2, 0.25) is 5.02 Å². The summed E-state index contributed by atoms with van der Waals surface area (Å²) in [6.45, 7) is 0. The molecule has 0 saturated heterocycles. The number of H-pyrrole nitrogens is 1. The second kappa shape index (κ2) is 4.41. The zero-order chi connectivity index (χ0) is 11.5. The van der Waals surface area contributed by atoms with Gasteiger partial charge < -0.3 is 10.7 Å². The molecule has 1 aromatic heterocycles. The monoisotopic (exact) mass is 234 g/mol. The molecule has 4 heteroatoms. The SMILES string of the molecule is Nc1cc(Cc2cccc(Cl)c2)cc(=O)[nH]1. The third-order valence-corrected chi connectivity index (χ3v) is 2.46. The van der Waals surface area contributed by atoms with Gasteiger partial charge in [0, 0.05) is 11.1 Å². The van der Waals surface area contributed by atoms with Crippen LogP contribution in [-0.2, 0) is 6.42 Å². The van der Waals surface area contributed by atoms with Crippen molar-refractivity contribution in [1.29, 1.82) is 0 Å². The van der Waals surface area contributed by atoms with E-state index in [9.17, 15) is 4.79 Å². The minimum Gasteiger partial charge on any atom is -0.385 e. The Bertz CT molecular complexity index is 563. The minimum atomic E-state index is -0.183. The van der Waals surface area contributed by atoms with Gasteiger partial charge in [0.2, 0.25) is 5.56 Å². The Kier molecular flexibility index (Phi) is 2.97. The van der Waals surface area contributed by atoms with Crippen molar-refractivity contribution in [2.45, 2.75) is 6.42 Å². The van der Waals surface area contributed by atoms with Gasteiger partial charge in [0.05, 0.1) is 0 Å². The first-order valence-electron chi connectivity index (χ1n) is 4.86. The van der Waals surface area contributed by atoms with E-state index in [4.69, 9.17) is 17.3 Å². The lowest BCUT2D eigenvalue weighted by atomic mass is 10.1. The van der Waals surface area contributed by atoms with Crippen LogP contribution in [0.5, 0.6) is 0 Å². The Labute approximate surface area is 97.9 Å². The van der Waals surface area contributed by atoms with Crippen molar-refractivity contribution >= 4 is 17.4 Å². The van der Waals surface area contributed by atoms with E-state index in [-0.39, 0.29) is 5.56 Å². The fraction of sp³-hybridized carbons (Fsp3) is 0.0833. The third-order valence-electron chi connectivity index (χ3n) is 2.22. The van der Waals surface area contributed by atoms with Gasteiger partial charge >= 0.3 is 0 Å². The number of pyridine rings is 1. The number of aromatic nitrogens is 1. The lowest BCUT2D eigenvalue weighted by Gasteiger charge is -2.03. The molecule has 0 aliphatic carbocycles. The van der Waals surface area contributed by atoms with Gasteiger partial charge in [-0.2, -0.15) is 0 Å². The summed E-state index contributed by atoms with van der Waals surface area (Å²) in [4.78, 5) is 13.7. The van der Waals surface area contributed by atoms with Crippen LogP contribution >= 0.6 is 11.6 Å². The topological polar surface area (TPSA) is 58.9 Å². The second-order valence-electron chi connectivity index (χ2n) is 3.61. The van der Waals surface area contributed by atoms with Gasteiger partial charge in [0.25, 0.3) is 0 Å². The largest absolute Gasteiger partial charge is 0.385 e. The highest BCUT2D eigenvalue weighted by Gasteiger charge is 1.99. The van der Waals surface area contributed by atoms with E-state index in [0.717, 1.165) is 11.1 Å². The molecule has 0 aliphatic heterocycles. The van der Waals surface area contributed by atoms with Crippen molar-refractivity contribution < 1.29 is 0 Å². The lowest BCUT2D eigenvalue weighted by molar-refractivity contribution is 1.14. The summed E-state index contributed by atoms with van der Waals surface area (Å²) in [6, 6.07) is 10.8. The van der Waals surface area contributed by atoms with Crippen LogP contribution in [0.1, 0.15) is 11.1 Å². The quantitative estimate of drug-likeness (QED) is 0.837. The lowest BCUT2D eigenvalue weighted by Crippen LogP contribution is -2.09. The molecule has 2 rings (SSSR count). The number of hydrogen-bond donors (Lipinski definition) is 2. The maximum atomic E-state index is 11.2. The molecule has 0 unspecified atom stereocenters. The number of anilines is 1. The van der Waals surface area contributed by atoms with E-state index in [2.05, 4.69) is 4.98 Å². The number of nitrogen functional groups attached to an aromatic ring is 1. The van der Waals surface area contributed by atoms with Crippen molar-refractivity contribution in [3.8, 4) is 0 Å². The molecule has 0 amide bonds. The summed E-state index contributed by atoms with van der Waals surface area (Å²) < 4.78 is 0. The Morgan fingerprint density at radius 2 is 2.00 bits per heavy atom. The van der Waals surface area contributed by atoms with Crippen LogP contribution in [0, 0.1) is 0 Å². The smallest absolute Gasteiger partial charge is 0.249 e. The van der Waals surface area contributed by atoms with Gasteiger partial charge in [-0.3, -0.25) is 4.79 Å². The molecule has 1 aromatic carbocycles. The Balaban J connectivity index is 2.30. The van der Waals surface area contributed by atoms with Crippen molar-refractivity contribution in [1.82, 2.24) is 4.98 Å². The molecule has 1 heterocycles. The first-order valence-corrected chi connectivity index (χ1v) is 5.24. The summed E-state index contributed by atoms with van der Waals surface area (Å²) in [6.07, 6.45) is 0.648. The predicted molar refractivity (Wildman–Crippen MR) is 65.7 cm³/mol. The molecule has 82 valence electrons. The number of nitrogens with two attached hydrogens (primary N) is 1. The first kappa shape index (κ1) is 10.8. The molecule has 0 saturated carbocycles. The molecule has 0 radical (unpaired) electrons. The number of halogens is 1. The summed E-state index contributed by atoms with van der Waals surface area (Å²) in [7, 11) is 0. The summed E-state index contributed by atoms with van der Waals surface area (Å²) >= 11 is 5.88. The van der Waals surface area contributed by atoms with E-state index >= 15 is 0 Å². The molecule has 0 spiro atoms. The van der Waals surface area contributed by atoms with Crippen molar-refractivity contribution in [2.75, 3.05) is 5.73 Å². The number of aromatic amines is 1. The highest BCUT2D eigenvalue weighted by atomic mass is 35.5. The fourth-order valence-electron chi connectivity index (χ4n) is 1.61. The maximum absolute atomic E-state index is 11.2. The highest BCUT2D eigenvalue weighted by molar-refractivity contribution is 6.30. The van der Waals surface area contributed by atoms with Crippen LogP contribution in [0.3, 0.4) is 0 Å². The molecule has 3 N–H and O–H groups in total. The Hall–Kier alpha value is -1.74. The third kappa shape index (κ3) is 2.64. The molecule has 2 aromatic rings. The van der Waals surface area contributed by atoms with Crippen molar-refractivity contribution in [3.63, 3.8) is 0 Å². The average Bonchev–Trinajstić information content (AvgIpc) is 2.15. The van der Waals surface area contributed by atoms with Crippen LogP contribution < -0.4 is 11.3 Å². The molecule has 3 nitrogen and oxygen atoms in total. The van der Waals surface area contributed by atoms with Crippen LogP contribution in [-0.4, -0.2) is 4.98 Å². The van der Waals surface area contributed by atoms with Gasteiger partial charge in [-0.15, -0.1) is 0 Å². The predicted octanol–water partition coefficient (Wildman–Crippen LogP) is 2.20. The van der Waals surface area contributed by atoms with E-state index < -0.39 is 0 Å². The standard InChI is InChI=1S/C12H11ClN2O/c13-10-3-1-2-8(5-10)4-9-6-11(14)15-12(16)7-9/h1-3,5-7H,4H2,(H3,14,15,16). The number of rotatable bonds is 2. The van der Waals surface area contributed by atoms with Gasteiger partial charge in [-0.25, -0.2) is 0 Å². The molecule has 0 bridgehead atoms. The summed E-state index contributed by atoms with van der Waals surface area (Å²) in [5, 5.41) is 0.690. The molecular weight excluding hydrogens is 224 g/mol. The second-order valence-corrected chi connectivity index (χ2v) is 4.05. The van der Waals surface area contributed by atoms with Crippen molar-refractivity contribution in [3.05, 3.63) is 62.9 Å². The highest BCUT2D eigenvalue weighted by Crippen LogP contribution is 2.14. The van der Waals surface area contributed by atoms with E-state index in [1.165, 1.54) is 6.07 Å². The molecule has 16 heavy (non-hydrogen) atoms. The van der Waals surface area contributed by atoms with Gasteiger partial charge in [0.1, 0.15) is 5.82 Å². The molecule has 0 atom stereocenters. The number of hydrogen-bond acceptors (Lipinski definition) is 2. The average molecular weight is 235 g/mol. The minimum absolute atomic E-state index is 0.183. The molecular formula is C12H11ClN2O. The normalized spacial score (nSPS) is 10.3. The zero-order valence-corrected chi connectivity index (χ0v) is 9.29. The van der Waals surface area contributed by atoms with Gasteiger partial charge in [0.15, 0.2) is 0 Å². The fourth-order valence-corrected chi connectivity index (χ4v) is 1.82. The Morgan fingerprint density at radius 1 is 1.19 bits per heavy atom. The molecule has 0 aliphatic rings. The van der Waals surface area contributed by atoms with E-state index in [1.54, 1.807) is 6.07 Å². The van der Waals surface area contributed by atoms with Crippen LogP contribution in [0.4, 0.5) is 5.82 Å². The van der Waals surface area contributed by atoms with Crippen molar-refractivity contribution in [2.24, 2.45) is 0 Å². The van der Waals surface area contributed by atoms with Crippen LogP contribution in [0.25, 0.3) is 0 Å². The Morgan fingerprint density at radius 3 is 2.69 bits per heavy atom. The zero-order valence-electron chi connectivity index (χ0n) is 8.53. The van der Waals surface area contributed by atoms with Gasteiger partial charge in [-0.1, -0.05) is 23.7 Å². The first-order chi connectivity index (χ1) is 7.63. The maximum Gasteiger partial charge on any atom is 0.249 e. The van der Waals surface area contributed by atoms with Gasteiger partial charge in [-0.05, 0) is 35.7 Å². The molecule has 0 fully saturated rings. The van der Waals surface area contributed by atoms with Crippen LogP contribution in [0.15, 0.2) is 41.2 Å². The number of benzene rings is 1. The summed E-state index contributed by atoms with van der Waals surface area (Å²) in [5.74, 6) is 0.379. The number of nitrogens with one attached hydrogen (secondary N) is 1.